The highest BCUT2D eigenvalue weighted by atomic mass is 35.5. The first-order valence-electron chi connectivity index (χ1n) is 3.83. The molecule has 0 radical (unpaired) electrons. The third-order valence-corrected chi connectivity index (χ3v) is 1.96. The number of pyridine rings is 1. The van der Waals surface area contributed by atoms with Crippen molar-refractivity contribution < 1.29 is 4.74 Å². The molecular weight excluding hydrogens is 211 g/mol. The fourth-order valence-electron chi connectivity index (χ4n) is 0.948. The van der Waals surface area contributed by atoms with E-state index in [0.717, 1.165) is 13.1 Å². The van der Waals surface area contributed by atoms with Gasteiger partial charge in [-0.3, -0.25) is 0 Å². The van der Waals surface area contributed by atoms with Crippen molar-refractivity contribution in [2.45, 2.75) is 6.10 Å². The van der Waals surface area contributed by atoms with Crippen LogP contribution in [0.2, 0.25) is 5.02 Å². The Balaban J connectivity index is 0.000000845. The zero-order valence-electron chi connectivity index (χ0n) is 6.87. The lowest BCUT2D eigenvalue weighted by molar-refractivity contribution is 0.136. The summed E-state index contributed by atoms with van der Waals surface area (Å²) in [5, 5.41) is 3.75. The summed E-state index contributed by atoms with van der Waals surface area (Å²) in [6.07, 6.45) is 1.86. The molecule has 2 rings (SSSR count). The maximum Gasteiger partial charge on any atom is 0.213 e. The van der Waals surface area contributed by atoms with E-state index in [-0.39, 0.29) is 18.5 Å². The summed E-state index contributed by atoms with van der Waals surface area (Å²) < 4.78 is 5.47. The van der Waals surface area contributed by atoms with Crippen molar-refractivity contribution in [1.82, 2.24) is 10.3 Å². The normalized spacial score (nSPS) is 15.8. The molecule has 0 atom stereocenters. The zero-order chi connectivity index (χ0) is 8.39. The van der Waals surface area contributed by atoms with Crippen LogP contribution in [0.15, 0.2) is 18.3 Å². The van der Waals surface area contributed by atoms with E-state index in [1.165, 1.54) is 0 Å². The van der Waals surface area contributed by atoms with Crippen LogP contribution >= 0.6 is 24.0 Å². The lowest BCUT2D eigenvalue weighted by Crippen LogP contribution is -2.50. The van der Waals surface area contributed by atoms with E-state index in [9.17, 15) is 0 Å². The summed E-state index contributed by atoms with van der Waals surface area (Å²) in [6.45, 7) is 1.81. The Morgan fingerprint density at radius 2 is 2.23 bits per heavy atom. The van der Waals surface area contributed by atoms with Gasteiger partial charge in [-0.15, -0.1) is 12.4 Å². The number of aromatic nitrogens is 1. The molecule has 0 bridgehead atoms. The standard InChI is InChI=1S/C8H9ClN2O.ClH/c9-6-1-2-8(11-3-6)12-7-4-10-5-7;/h1-3,7,10H,4-5H2;1H. The van der Waals surface area contributed by atoms with Crippen LogP contribution in [0.5, 0.6) is 5.88 Å². The second-order valence-corrected chi connectivity index (χ2v) is 3.15. The molecule has 1 aliphatic rings. The van der Waals surface area contributed by atoms with Gasteiger partial charge in [0.05, 0.1) is 5.02 Å². The van der Waals surface area contributed by atoms with Crippen LogP contribution in [0.1, 0.15) is 0 Å². The lowest BCUT2D eigenvalue weighted by Gasteiger charge is -2.27. The van der Waals surface area contributed by atoms with Crippen LogP contribution in [-0.2, 0) is 0 Å². The summed E-state index contributed by atoms with van der Waals surface area (Å²) in [4.78, 5) is 4.02. The van der Waals surface area contributed by atoms with Crippen molar-refractivity contribution >= 4 is 24.0 Å². The van der Waals surface area contributed by atoms with Crippen molar-refractivity contribution in [1.29, 1.82) is 0 Å². The SMILES string of the molecule is Cl.Clc1ccc(OC2CNC2)nc1. The molecule has 0 aromatic carbocycles. The molecule has 1 fully saturated rings. The predicted octanol–water partition coefficient (Wildman–Crippen LogP) is 1.51. The molecule has 13 heavy (non-hydrogen) atoms. The molecule has 72 valence electrons. The van der Waals surface area contributed by atoms with E-state index in [2.05, 4.69) is 10.3 Å². The van der Waals surface area contributed by atoms with Gasteiger partial charge in [-0.25, -0.2) is 4.98 Å². The fourth-order valence-corrected chi connectivity index (χ4v) is 1.06. The van der Waals surface area contributed by atoms with Gasteiger partial charge in [0.25, 0.3) is 0 Å². The summed E-state index contributed by atoms with van der Waals surface area (Å²) in [7, 11) is 0. The van der Waals surface area contributed by atoms with Gasteiger partial charge in [0, 0.05) is 25.4 Å². The molecule has 0 unspecified atom stereocenters. The summed E-state index contributed by atoms with van der Waals surface area (Å²) in [5.74, 6) is 0.644. The minimum atomic E-state index is 0. The largest absolute Gasteiger partial charge is 0.472 e. The molecule has 1 N–H and O–H groups in total. The van der Waals surface area contributed by atoms with Crippen LogP contribution in [-0.4, -0.2) is 24.2 Å². The quantitative estimate of drug-likeness (QED) is 0.821. The van der Waals surface area contributed by atoms with Gasteiger partial charge < -0.3 is 10.1 Å². The van der Waals surface area contributed by atoms with E-state index in [4.69, 9.17) is 16.3 Å². The summed E-state index contributed by atoms with van der Waals surface area (Å²) >= 11 is 5.67. The first-order valence-corrected chi connectivity index (χ1v) is 4.21. The smallest absolute Gasteiger partial charge is 0.213 e. The van der Waals surface area contributed by atoms with E-state index >= 15 is 0 Å². The van der Waals surface area contributed by atoms with Gasteiger partial charge >= 0.3 is 0 Å². The number of rotatable bonds is 2. The molecule has 0 saturated carbocycles. The number of hydrogen-bond acceptors (Lipinski definition) is 3. The molecule has 0 spiro atoms. The van der Waals surface area contributed by atoms with Gasteiger partial charge in [0.2, 0.25) is 5.88 Å². The first-order chi connectivity index (χ1) is 5.84. The molecule has 1 aromatic rings. The van der Waals surface area contributed by atoms with Gasteiger partial charge in [-0.05, 0) is 6.07 Å². The topological polar surface area (TPSA) is 34.1 Å². The maximum atomic E-state index is 5.67. The second kappa shape index (κ2) is 4.65. The third kappa shape index (κ3) is 2.72. The van der Waals surface area contributed by atoms with Gasteiger partial charge in [0.1, 0.15) is 6.10 Å². The minimum Gasteiger partial charge on any atom is -0.472 e. The molecule has 1 aromatic heterocycles. The third-order valence-electron chi connectivity index (χ3n) is 1.73. The zero-order valence-corrected chi connectivity index (χ0v) is 8.44. The lowest BCUT2D eigenvalue weighted by atomic mass is 10.2. The minimum absolute atomic E-state index is 0. The highest BCUT2D eigenvalue weighted by Crippen LogP contribution is 2.13. The fraction of sp³-hybridized carbons (Fsp3) is 0.375. The second-order valence-electron chi connectivity index (χ2n) is 2.71. The van der Waals surface area contributed by atoms with Gasteiger partial charge in [0.15, 0.2) is 0 Å². The Bertz CT molecular complexity index is 261. The average molecular weight is 221 g/mol. The van der Waals surface area contributed by atoms with E-state index in [1.807, 2.05) is 0 Å². The van der Waals surface area contributed by atoms with Crippen molar-refractivity contribution in [3.63, 3.8) is 0 Å². The monoisotopic (exact) mass is 220 g/mol. The van der Waals surface area contributed by atoms with Crippen molar-refractivity contribution in [2.75, 3.05) is 13.1 Å². The first kappa shape index (κ1) is 10.6. The Morgan fingerprint density at radius 1 is 1.46 bits per heavy atom. The van der Waals surface area contributed by atoms with E-state index in [0.29, 0.717) is 10.9 Å². The van der Waals surface area contributed by atoms with Crippen LogP contribution in [0.25, 0.3) is 0 Å². The van der Waals surface area contributed by atoms with Crippen molar-refractivity contribution in [2.24, 2.45) is 0 Å². The molecule has 0 aliphatic carbocycles. The average Bonchev–Trinajstić information content (AvgIpc) is 2.00. The van der Waals surface area contributed by atoms with Crippen LogP contribution in [0.4, 0.5) is 0 Å². The molecule has 1 aliphatic heterocycles. The Labute approximate surface area is 87.9 Å². The number of ether oxygens (including phenoxy) is 1. The Hall–Kier alpha value is -0.510. The summed E-state index contributed by atoms with van der Waals surface area (Å²) in [6, 6.07) is 3.55. The van der Waals surface area contributed by atoms with E-state index < -0.39 is 0 Å². The number of nitrogens with one attached hydrogen (secondary N) is 1. The van der Waals surface area contributed by atoms with Crippen molar-refractivity contribution in [3.8, 4) is 5.88 Å². The maximum absolute atomic E-state index is 5.67. The van der Waals surface area contributed by atoms with Crippen LogP contribution < -0.4 is 10.1 Å². The summed E-state index contributed by atoms with van der Waals surface area (Å²) in [5.41, 5.74) is 0. The highest BCUT2D eigenvalue weighted by molar-refractivity contribution is 6.30. The highest BCUT2D eigenvalue weighted by Gasteiger charge is 2.18. The van der Waals surface area contributed by atoms with Crippen molar-refractivity contribution in [3.05, 3.63) is 23.4 Å². The molecular formula is C8H10Cl2N2O. The Morgan fingerprint density at radius 3 is 2.69 bits per heavy atom. The molecule has 0 amide bonds. The molecule has 2 heterocycles. The number of halogens is 2. The van der Waals surface area contributed by atoms with Gasteiger partial charge in [-0.1, -0.05) is 11.6 Å². The molecule has 1 saturated heterocycles. The molecule has 5 heteroatoms. The van der Waals surface area contributed by atoms with Gasteiger partial charge in [-0.2, -0.15) is 0 Å². The number of hydrogen-bond donors (Lipinski definition) is 1. The molecule has 3 nitrogen and oxygen atoms in total. The Kier molecular flexibility index (Phi) is 3.78. The number of nitrogens with zero attached hydrogens (tertiary/aromatic N) is 1. The predicted molar refractivity (Wildman–Crippen MR) is 53.8 cm³/mol. The van der Waals surface area contributed by atoms with Crippen LogP contribution in [0, 0.1) is 0 Å². The van der Waals surface area contributed by atoms with Crippen LogP contribution in [0.3, 0.4) is 0 Å². The van der Waals surface area contributed by atoms with E-state index in [1.54, 1.807) is 18.3 Å².